The minimum Gasteiger partial charge on any atom is -0.469 e. The summed E-state index contributed by atoms with van der Waals surface area (Å²) in [5.41, 5.74) is 1.81. The van der Waals surface area contributed by atoms with Crippen LogP contribution in [-0.4, -0.2) is 47.0 Å². The summed E-state index contributed by atoms with van der Waals surface area (Å²) in [6.45, 7) is 0.774. The molecular formula is C15H19N3O3. The Labute approximate surface area is 123 Å². The monoisotopic (exact) mass is 289 g/mol. The van der Waals surface area contributed by atoms with Gasteiger partial charge >= 0.3 is 5.97 Å². The molecule has 2 aromatic rings. The molecule has 1 heterocycles. The molecule has 21 heavy (non-hydrogen) atoms. The number of rotatable bonds is 6. The quantitative estimate of drug-likeness (QED) is 0.755. The summed E-state index contributed by atoms with van der Waals surface area (Å²) in [4.78, 5) is 29.1. The third kappa shape index (κ3) is 3.81. The molecule has 0 saturated carbocycles. The number of methoxy groups -OCH3 is 1. The Morgan fingerprint density at radius 1 is 1.33 bits per heavy atom. The van der Waals surface area contributed by atoms with E-state index in [1.165, 1.54) is 7.11 Å². The van der Waals surface area contributed by atoms with Gasteiger partial charge in [0.1, 0.15) is 6.54 Å². The summed E-state index contributed by atoms with van der Waals surface area (Å²) < 4.78 is 6.40. The van der Waals surface area contributed by atoms with Crippen molar-refractivity contribution in [1.29, 1.82) is 0 Å². The number of nitrogens with zero attached hydrogens (tertiary/aromatic N) is 3. The number of hydrogen-bond donors (Lipinski definition) is 0. The summed E-state index contributed by atoms with van der Waals surface area (Å²) in [7, 11) is 3.10. The predicted octanol–water partition coefficient (Wildman–Crippen LogP) is 1.45. The third-order valence-electron chi connectivity index (χ3n) is 3.36. The molecule has 6 nitrogen and oxygen atoms in total. The van der Waals surface area contributed by atoms with Crippen molar-refractivity contribution in [2.45, 2.75) is 19.4 Å². The van der Waals surface area contributed by atoms with E-state index in [-0.39, 0.29) is 18.4 Å². The number of aromatic nitrogens is 2. The maximum atomic E-state index is 12.2. The van der Waals surface area contributed by atoms with Crippen molar-refractivity contribution in [2.75, 3.05) is 20.7 Å². The molecule has 0 atom stereocenters. The van der Waals surface area contributed by atoms with Crippen molar-refractivity contribution >= 4 is 22.9 Å². The number of carbonyl (C=O) groups excluding carboxylic acids is 2. The second-order valence-corrected chi connectivity index (χ2v) is 4.86. The molecule has 6 heteroatoms. The first-order valence-corrected chi connectivity index (χ1v) is 6.82. The Kier molecular flexibility index (Phi) is 4.92. The number of carbonyl (C=O) groups is 2. The molecule has 0 spiro atoms. The molecule has 1 aromatic carbocycles. The van der Waals surface area contributed by atoms with E-state index in [0.29, 0.717) is 19.4 Å². The summed E-state index contributed by atoms with van der Waals surface area (Å²) in [6, 6.07) is 7.69. The van der Waals surface area contributed by atoms with Gasteiger partial charge in [0.05, 0.1) is 24.5 Å². The first-order chi connectivity index (χ1) is 10.1. The van der Waals surface area contributed by atoms with Gasteiger partial charge in [0, 0.05) is 20.0 Å². The number of para-hydroxylation sites is 2. The third-order valence-corrected chi connectivity index (χ3v) is 3.36. The minimum absolute atomic E-state index is 0.0111. The minimum atomic E-state index is -0.253. The lowest BCUT2D eigenvalue weighted by Crippen LogP contribution is -2.31. The summed E-state index contributed by atoms with van der Waals surface area (Å²) in [6.07, 6.45) is 2.59. The zero-order valence-electron chi connectivity index (χ0n) is 12.3. The van der Waals surface area contributed by atoms with Crippen LogP contribution in [0.15, 0.2) is 30.6 Å². The van der Waals surface area contributed by atoms with E-state index in [4.69, 9.17) is 0 Å². The number of benzene rings is 1. The van der Waals surface area contributed by atoms with Gasteiger partial charge in [0.2, 0.25) is 5.91 Å². The summed E-state index contributed by atoms with van der Waals surface area (Å²) in [5.74, 6) is -0.264. The Bertz CT molecular complexity index is 636. The zero-order valence-corrected chi connectivity index (χ0v) is 12.3. The molecule has 1 amide bonds. The van der Waals surface area contributed by atoms with Gasteiger partial charge in [0.15, 0.2) is 0 Å². The van der Waals surface area contributed by atoms with Crippen LogP contribution in [0.3, 0.4) is 0 Å². The van der Waals surface area contributed by atoms with Gasteiger partial charge in [-0.05, 0) is 18.6 Å². The normalized spacial score (nSPS) is 10.6. The fraction of sp³-hybridized carbons (Fsp3) is 0.400. The van der Waals surface area contributed by atoms with Gasteiger partial charge < -0.3 is 14.2 Å². The first kappa shape index (κ1) is 15.0. The second-order valence-electron chi connectivity index (χ2n) is 4.86. The average Bonchev–Trinajstić information content (AvgIpc) is 2.90. The highest BCUT2D eigenvalue weighted by atomic mass is 16.5. The van der Waals surface area contributed by atoms with Gasteiger partial charge in [-0.2, -0.15) is 0 Å². The molecule has 0 bridgehead atoms. The lowest BCUT2D eigenvalue weighted by Gasteiger charge is -2.17. The number of fused-ring (bicyclic) bond motifs is 1. The van der Waals surface area contributed by atoms with E-state index in [0.717, 1.165) is 11.0 Å². The van der Waals surface area contributed by atoms with Gasteiger partial charge in [0.25, 0.3) is 0 Å². The molecule has 0 saturated heterocycles. The van der Waals surface area contributed by atoms with E-state index in [1.807, 2.05) is 28.8 Å². The fourth-order valence-electron chi connectivity index (χ4n) is 2.09. The Balaban J connectivity index is 1.90. The Hall–Kier alpha value is -2.37. The van der Waals surface area contributed by atoms with Crippen LogP contribution in [0.1, 0.15) is 12.8 Å². The van der Waals surface area contributed by atoms with Crippen molar-refractivity contribution in [2.24, 2.45) is 0 Å². The van der Waals surface area contributed by atoms with E-state index in [2.05, 4.69) is 9.72 Å². The SMILES string of the molecule is COC(=O)CCCN(C)C(=O)Cn1cnc2ccccc21. The number of amides is 1. The van der Waals surface area contributed by atoms with Crippen molar-refractivity contribution in [3.05, 3.63) is 30.6 Å². The average molecular weight is 289 g/mol. The number of esters is 1. The molecular weight excluding hydrogens is 270 g/mol. The zero-order chi connectivity index (χ0) is 15.2. The standard InChI is InChI=1S/C15H19N3O3/c1-17(9-5-8-15(20)21-2)14(19)10-18-11-16-12-6-3-4-7-13(12)18/h3-4,6-7,11H,5,8-10H2,1-2H3. The van der Waals surface area contributed by atoms with Gasteiger partial charge in [-0.25, -0.2) is 4.98 Å². The molecule has 0 unspecified atom stereocenters. The van der Waals surface area contributed by atoms with E-state index >= 15 is 0 Å². The number of ether oxygens (including phenoxy) is 1. The maximum Gasteiger partial charge on any atom is 0.305 e. The summed E-state index contributed by atoms with van der Waals surface area (Å²) >= 11 is 0. The molecule has 0 aliphatic heterocycles. The molecule has 112 valence electrons. The van der Waals surface area contributed by atoms with Crippen molar-refractivity contribution in [3.63, 3.8) is 0 Å². The van der Waals surface area contributed by atoms with Crippen molar-refractivity contribution < 1.29 is 14.3 Å². The maximum absolute atomic E-state index is 12.2. The molecule has 0 aliphatic rings. The highest BCUT2D eigenvalue weighted by Gasteiger charge is 2.12. The van der Waals surface area contributed by atoms with E-state index in [9.17, 15) is 9.59 Å². The largest absolute Gasteiger partial charge is 0.469 e. The predicted molar refractivity (Wildman–Crippen MR) is 78.6 cm³/mol. The second kappa shape index (κ2) is 6.88. The van der Waals surface area contributed by atoms with Crippen LogP contribution in [0, 0.1) is 0 Å². The van der Waals surface area contributed by atoms with Crippen molar-refractivity contribution in [3.8, 4) is 0 Å². The topological polar surface area (TPSA) is 64.4 Å². The molecule has 2 rings (SSSR count). The Morgan fingerprint density at radius 2 is 2.10 bits per heavy atom. The first-order valence-electron chi connectivity index (χ1n) is 6.82. The van der Waals surface area contributed by atoms with Crippen molar-refractivity contribution in [1.82, 2.24) is 14.5 Å². The van der Waals surface area contributed by atoms with E-state index in [1.54, 1.807) is 18.3 Å². The highest BCUT2D eigenvalue weighted by Crippen LogP contribution is 2.11. The molecule has 0 radical (unpaired) electrons. The van der Waals surface area contributed by atoms with Crippen LogP contribution in [-0.2, 0) is 20.9 Å². The van der Waals surface area contributed by atoms with Crippen LogP contribution in [0.25, 0.3) is 11.0 Å². The van der Waals surface area contributed by atoms with Gasteiger partial charge in [-0.3, -0.25) is 9.59 Å². The van der Waals surface area contributed by atoms with Crippen LogP contribution in [0.5, 0.6) is 0 Å². The smallest absolute Gasteiger partial charge is 0.305 e. The van der Waals surface area contributed by atoms with Crippen LogP contribution >= 0.6 is 0 Å². The molecule has 0 aliphatic carbocycles. The molecule has 0 N–H and O–H groups in total. The lowest BCUT2D eigenvalue weighted by atomic mass is 10.3. The van der Waals surface area contributed by atoms with Gasteiger partial charge in [-0.1, -0.05) is 12.1 Å². The Morgan fingerprint density at radius 3 is 2.86 bits per heavy atom. The van der Waals surface area contributed by atoms with Crippen LogP contribution in [0.2, 0.25) is 0 Å². The van der Waals surface area contributed by atoms with Gasteiger partial charge in [-0.15, -0.1) is 0 Å². The van der Waals surface area contributed by atoms with Crippen LogP contribution in [0.4, 0.5) is 0 Å². The molecule has 1 aromatic heterocycles. The lowest BCUT2D eigenvalue weighted by molar-refractivity contribution is -0.141. The van der Waals surface area contributed by atoms with Crippen LogP contribution < -0.4 is 0 Å². The fourth-order valence-corrected chi connectivity index (χ4v) is 2.09. The highest BCUT2D eigenvalue weighted by molar-refractivity contribution is 5.80. The van der Waals surface area contributed by atoms with E-state index < -0.39 is 0 Å². The number of imidazole rings is 1. The summed E-state index contributed by atoms with van der Waals surface area (Å²) in [5, 5.41) is 0. The number of likely N-dealkylation sites (N-methyl/N-ethyl adjacent to an activating group) is 1. The molecule has 0 fully saturated rings. The number of hydrogen-bond acceptors (Lipinski definition) is 4.